The number of hydrogen-bond donors (Lipinski definition) is 4. The minimum absolute atomic E-state index is 0.178. The molecule has 1 fully saturated rings. The highest BCUT2D eigenvalue weighted by Gasteiger charge is 2.39. The van der Waals surface area contributed by atoms with Gasteiger partial charge in [-0.05, 0) is 0 Å². The Labute approximate surface area is 62.5 Å². The van der Waals surface area contributed by atoms with E-state index >= 15 is 0 Å². The number of ether oxygens (including phenoxy) is 1. The van der Waals surface area contributed by atoms with Gasteiger partial charge >= 0.3 is 0 Å². The molecule has 0 spiro atoms. The summed E-state index contributed by atoms with van der Waals surface area (Å²) in [5.74, 6) is 0. The summed E-state index contributed by atoms with van der Waals surface area (Å²) in [5, 5.41) is 35.0. The van der Waals surface area contributed by atoms with Crippen molar-refractivity contribution in [1.29, 1.82) is 0 Å². The third-order valence-corrected chi connectivity index (χ3v) is 1.57. The molecule has 6 nitrogen and oxygen atoms in total. The third-order valence-electron chi connectivity index (χ3n) is 1.57. The van der Waals surface area contributed by atoms with Crippen LogP contribution in [0.2, 0.25) is 0 Å². The first-order valence-electron chi connectivity index (χ1n) is 3.13. The van der Waals surface area contributed by atoms with E-state index in [0.29, 0.717) is 0 Å². The van der Waals surface area contributed by atoms with E-state index in [0.717, 1.165) is 0 Å². The molecule has 0 aromatic carbocycles. The summed E-state index contributed by atoms with van der Waals surface area (Å²) in [6.45, 7) is -0.178. The lowest BCUT2D eigenvalue weighted by atomic mass is 10.1. The van der Waals surface area contributed by atoms with E-state index in [-0.39, 0.29) is 6.61 Å². The summed E-state index contributed by atoms with van der Waals surface area (Å²) < 4.78 is 4.52. The highest BCUT2D eigenvalue weighted by Crippen LogP contribution is 2.15. The zero-order valence-corrected chi connectivity index (χ0v) is 5.62. The van der Waals surface area contributed by atoms with Crippen molar-refractivity contribution in [3.63, 3.8) is 0 Å². The fraction of sp³-hybridized carbons (Fsp3) is 1.00. The number of hydrogen-bond acceptors (Lipinski definition) is 6. The molecular weight excluding hydrogens is 156 g/mol. The molecule has 66 valence electrons. The van der Waals surface area contributed by atoms with Gasteiger partial charge in [0.2, 0.25) is 0 Å². The molecule has 1 aliphatic heterocycles. The van der Waals surface area contributed by atoms with Crippen LogP contribution in [0.4, 0.5) is 0 Å². The average molecular weight is 166 g/mol. The minimum atomic E-state index is -1.40. The Morgan fingerprint density at radius 1 is 1.27 bits per heavy atom. The second kappa shape index (κ2) is 3.44. The van der Waals surface area contributed by atoms with Gasteiger partial charge in [0.25, 0.3) is 0 Å². The fourth-order valence-corrected chi connectivity index (χ4v) is 0.893. The van der Waals surface area contributed by atoms with Gasteiger partial charge in [-0.2, -0.15) is 0 Å². The van der Waals surface area contributed by atoms with E-state index < -0.39 is 24.6 Å². The van der Waals surface area contributed by atoms with Crippen molar-refractivity contribution >= 4 is 0 Å². The molecule has 0 radical (unpaired) electrons. The second-order valence-electron chi connectivity index (χ2n) is 2.35. The van der Waals surface area contributed by atoms with Gasteiger partial charge < -0.3 is 20.1 Å². The van der Waals surface area contributed by atoms with Gasteiger partial charge in [0.15, 0.2) is 12.4 Å². The van der Waals surface area contributed by atoms with Crippen molar-refractivity contribution in [3.8, 4) is 0 Å². The molecule has 1 saturated heterocycles. The van der Waals surface area contributed by atoms with Crippen molar-refractivity contribution in [3.05, 3.63) is 0 Å². The van der Waals surface area contributed by atoms with E-state index in [1.54, 1.807) is 0 Å². The molecular formula is C5H10O6. The molecule has 4 atom stereocenters. The molecule has 1 rings (SSSR count). The summed E-state index contributed by atoms with van der Waals surface area (Å²) in [7, 11) is 0. The van der Waals surface area contributed by atoms with Crippen LogP contribution in [0.25, 0.3) is 0 Å². The molecule has 4 N–H and O–H groups in total. The Kier molecular flexibility index (Phi) is 2.77. The minimum Gasteiger partial charge on any atom is -0.388 e. The third kappa shape index (κ3) is 1.67. The van der Waals surface area contributed by atoms with E-state index in [4.69, 9.17) is 20.6 Å². The van der Waals surface area contributed by atoms with Crippen LogP contribution in [0.5, 0.6) is 0 Å². The number of aliphatic hydroxyl groups excluding tert-OH is 3. The van der Waals surface area contributed by atoms with Gasteiger partial charge in [0.05, 0.1) is 6.61 Å². The molecule has 6 heteroatoms. The van der Waals surface area contributed by atoms with Crippen molar-refractivity contribution in [1.82, 2.24) is 0 Å². The molecule has 0 bridgehead atoms. The molecule has 1 heterocycles. The van der Waals surface area contributed by atoms with Crippen molar-refractivity contribution in [2.45, 2.75) is 24.6 Å². The Bertz CT molecular complexity index is 128. The molecule has 0 unspecified atom stereocenters. The zero-order chi connectivity index (χ0) is 8.43. The van der Waals surface area contributed by atoms with Crippen LogP contribution < -0.4 is 0 Å². The van der Waals surface area contributed by atoms with Crippen LogP contribution in [0.1, 0.15) is 0 Å². The Hall–Kier alpha value is -0.240. The van der Waals surface area contributed by atoms with Crippen LogP contribution in [0.3, 0.4) is 0 Å². The maximum absolute atomic E-state index is 9.03. The number of rotatable bonds is 1. The topological polar surface area (TPSA) is 99.4 Å². The maximum Gasteiger partial charge on any atom is 0.187 e. The van der Waals surface area contributed by atoms with Crippen LogP contribution in [-0.2, 0) is 9.62 Å². The fourth-order valence-electron chi connectivity index (χ4n) is 0.893. The summed E-state index contributed by atoms with van der Waals surface area (Å²) >= 11 is 0. The smallest absolute Gasteiger partial charge is 0.187 e. The normalized spacial score (nSPS) is 45.8. The molecule has 1 aliphatic rings. The molecule has 0 saturated carbocycles. The lowest BCUT2D eigenvalue weighted by molar-refractivity contribution is -0.368. The van der Waals surface area contributed by atoms with Crippen molar-refractivity contribution in [2.24, 2.45) is 0 Å². The van der Waals surface area contributed by atoms with Crippen molar-refractivity contribution in [2.75, 3.05) is 6.61 Å². The van der Waals surface area contributed by atoms with E-state index in [1.807, 2.05) is 0 Å². The standard InChI is InChI=1S/C5H10O6/c6-2-1-10-5(8)4(11-9)3(2)7/h2-9H,1H2/t2-,3+,4-,5-/m1/s1. The van der Waals surface area contributed by atoms with Crippen molar-refractivity contribution < 1.29 is 30.2 Å². The second-order valence-corrected chi connectivity index (χ2v) is 2.35. The van der Waals surface area contributed by atoms with Gasteiger partial charge in [-0.3, -0.25) is 5.26 Å². The summed E-state index contributed by atoms with van der Waals surface area (Å²) in [5.41, 5.74) is 0. The zero-order valence-electron chi connectivity index (χ0n) is 5.62. The first kappa shape index (κ1) is 8.85. The van der Waals surface area contributed by atoms with E-state index in [2.05, 4.69) is 9.62 Å². The summed E-state index contributed by atoms with van der Waals surface area (Å²) in [6.07, 6.45) is -5.18. The van der Waals surface area contributed by atoms with E-state index in [1.165, 1.54) is 0 Å². The van der Waals surface area contributed by atoms with Gasteiger partial charge in [-0.1, -0.05) is 0 Å². The van der Waals surface area contributed by atoms with Crippen LogP contribution in [-0.4, -0.2) is 51.8 Å². The lowest BCUT2D eigenvalue weighted by Crippen LogP contribution is -2.53. The molecule has 0 aromatic heterocycles. The SMILES string of the molecule is OO[C@@H]1[C@@H](O)[C@H](O)CO[C@H]1O. The largest absolute Gasteiger partial charge is 0.388 e. The molecule has 11 heavy (non-hydrogen) atoms. The highest BCUT2D eigenvalue weighted by molar-refractivity contribution is 4.82. The predicted molar refractivity (Wildman–Crippen MR) is 31.5 cm³/mol. The van der Waals surface area contributed by atoms with Crippen LogP contribution in [0, 0.1) is 0 Å². The first-order valence-corrected chi connectivity index (χ1v) is 3.13. The quantitative estimate of drug-likeness (QED) is 0.263. The summed E-state index contributed by atoms with van der Waals surface area (Å²) in [6, 6.07) is 0. The average Bonchev–Trinajstić information content (AvgIpc) is 1.99. The first-order chi connectivity index (χ1) is 5.16. The highest BCUT2D eigenvalue weighted by atomic mass is 17.1. The van der Waals surface area contributed by atoms with Gasteiger partial charge in [0.1, 0.15) is 12.2 Å². The monoisotopic (exact) mass is 166 g/mol. The number of aliphatic hydroxyl groups is 3. The Morgan fingerprint density at radius 2 is 1.91 bits per heavy atom. The Balaban J connectivity index is 2.55. The summed E-state index contributed by atoms with van der Waals surface area (Å²) in [4.78, 5) is 3.70. The molecule has 0 aliphatic carbocycles. The Morgan fingerprint density at radius 3 is 2.36 bits per heavy atom. The lowest BCUT2D eigenvalue weighted by Gasteiger charge is -2.32. The predicted octanol–water partition coefficient (Wildman–Crippen LogP) is -2.08. The van der Waals surface area contributed by atoms with Crippen LogP contribution in [0.15, 0.2) is 0 Å². The van der Waals surface area contributed by atoms with Gasteiger partial charge in [-0.15, -0.1) is 0 Å². The molecule has 0 amide bonds. The van der Waals surface area contributed by atoms with Gasteiger partial charge in [-0.25, -0.2) is 4.89 Å². The van der Waals surface area contributed by atoms with E-state index in [9.17, 15) is 0 Å². The molecule has 0 aromatic rings. The maximum atomic E-state index is 9.03. The van der Waals surface area contributed by atoms with Crippen LogP contribution >= 0.6 is 0 Å². The van der Waals surface area contributed by atoms with Gasteiger partial charge in [0, 0.05) is 0 Å².